The van der Waals surface area contributed by atoms with Crippen LogP contribution in [0.4, 0.5) is 0 Å². The molecule has 1 amide bonds. The lowest BCUT2D eigenvalue weighted by molar-refractivity contribution is -0.119. The number of hydrogen-bond acceptors (Lipinski definition) is 3. The maximum Gasteiger partial charge on any atom is 0.230 e. The Morgan fingerprint density at radius 1 is 1.42 bits per heavy atom. The largest absolute Gasteiger partial charge is 0.394 e. The number of amides is 1. The van der Waals surface area contributed by atoms with Gasteiger partial charge in [0.15, 0.2) is 0 Å². The predicted molar refractivity (Wildman–Crippen MR) is 83.6 cm³/mol. The fourth-order valence-corrected chi connectivity index (χ4v) is 2.97. The average molecular weight is 346 g/mol. The summed E-state index contributed by atoms with van der Waals surface area (Å²) in [6, 6.07) is 4.01. The Kier molecular flexibility index (Phi) is 6.89. The fraction of sp³-hybridized carbons (Fsp3) is 0.500. The van der Waals surface area contributed by atoms with Gasteiger partial charge in [-0.1, -0.05) is 22.9 Å². The molecule has 106 valence electrons. The van der Waals surface area contributed by atoms with Gasteiger partial charge in [-0.15, -0.1) is 11.8 Å². The van der Waals surface area contributed by atoms with Crippen LogP contribution in [-0.2, 0) is 4.79 Å². The first-order valence-electron chi connectivity index (χ1n) is 6.27. The fourth-order valence-electron chi connectivity index (χ4n) is 1.60. The van der Waals surface area contributed by atoms with Gasteiger partial charge in [0.1, 0.15) is 0 Å². The summed E-state index contributed by atoms with van der Waals surface area (Å²) < 4.78 is 1.09. The van der Waals surface area contributed by atoms with E-state index in [-0.39, 0.29) is 18.6 Å². The maximum atomic E-state index is 11.8. The number of aliphatic hydroxyl groups is 1. The van der Waals surface area contributed by atoms with Crippen molar-refractivity contribution in [2.75, 3.05) is 12.4 Å². The van der Waals surface area contributed by atoms with Gasteiger partial charge in [-0.05, 0) is 43.5 Å². The normalized spacial score (nSPS) is 12.3. The topological polar surface area (TPSA) is 49.3 Å². The van der Waals surface area contributed by atoms with Gasteiger partial charge in [0.05, 0.1) is 18.4 Å². The van der Waals surface area contributed by atoms with Crippen molar-refractivity contribution in [1.29, 1.82) is 0 Å². The van der Waals surface area contributed by atoms with Crippen LogP contribution in [0.3, 0.4) is 0 Å². The Hall–Kier alpha value is -0.520. The van der Waals surface area contributed by atoms with E-state index in [4.69, 9.17) is 5.11 Å². The number of carbonyl (C=O) groups excluding carboxylic acids is 1. The molecule has 1 atom stereocenters. The van der Waals surface area contributed by atoms with Crippen LogP contribution < -0.4 is 5.32 Å². The molecule has 2 N–H and O–H groups in total. The van der Waals surface area contributed by atoms with E-state index in [9.17, 15) is 4.79 Å². The first-order chi connectivity index (χ1) is 8.97. The smallest absolute Gasteiger partial charge is 0.230 e. The van der Waals surface area contributed by atoms with E-state index >= 15 is 0 Å². The van der Waals surface area contributed by atoms with Gasteiger partial charge in [0, 0.05) is 9.37 Å². The number of aliphatic hydroxyl groups excluding tert-OH is 1. The number of carbonyl (C=O) groups is 1. The van der Waals surface area contributed by atoms with Crippen LogP contribution in [0.1, 0.15) is 24.5 Å². The van der Waals surface area contributed by atoms with Crippen molar-refractivity contribution in [3.8, 4) is 0 Å². The molecule has 0 aliphatic carbocycles. The SMILES string of the molecule is CCC(CO)NC(=O)CSc1cc(C)c(Br)cc1C. The Bertz CT molecular complexity index is 447. The number of hydrogen-bond donors (Lipinski definition) is 2. The highest BCUT2D eigenvalue weighted by molar-refractivity contribution is 9.10. The monoisotopic (exact) mass is 345 g/mol. The third kappa shape index (κ3) is 5.16. The number of nitrogens with one attached hydrogen (secondary N) is 1. The molecule has 5 heteroatoms. The second kappa shape index (κ2) is 7.92. The molecule has 0 saturated carbocycles. The van der Waals surface area contributed by atoms with E-state index < -0.39 is 0 Å². The summed E-state index contributed by atoms with van der Waals surface area (Å²) in [5.74, 6) is 0.337. The van der Waals surface area contributed by atoms with E-state index in [1.54, 1.807) is 0 Å². The molecule has 1 unspecified atom stereocenters. The molecular formula is C14H20BrNO2S. The van der Waals surface area contributed by atoms with Crippen LogP contribution in [0.2, 0.25) is 0 Å². The van der Waals surface area contributed by atoms with Crippen molar-refractivity contribution in [3.05, 3.63) is 27.7 Å². The summed E-state index contributed by atoms with van der Waals surface area (Å²) in [5.41, 5.74) is 2.32. The van der Waals surface area contributed by atoms with Gasteiger partial charge in [0.25, 0.3) is 0 Å². The van der Waals surface area contributed by atoms with E-state index in [2.05, 4.69) is 33.4 Å². The van der Waals surface area contributed by atoms with Gasteiger partial charge in [-0.2, -0.15) is 0 Å². The first kappa shape index (κ1) is 16.5. The van der Waals surface area contributed by atoms with Crippen LogP contribution in [0.25, 0.3) is 0 Å². The number of benzene rings is 1. The Labute approximate surface area is 127 Å². The zero-order valence-electron chi connectivity index (χ0n) is 11.5. The molecule has 1 aromatic carbocycles. The molecule has 0 aliphatic rings. The minimum atomic E-state index is -0.138. The molecule has 0 aromatic heterocycles. The van der Waals surface area contributed by atoms with E-state index in [0.29, 0.717) is 5.75 Å². The molecule has 0 spiro atoms. The zero-order valence-corrected chi connectivity index (χ0v) is 13.9. The lowest BCUT2D eigenvalue weighted by atomic mass is 10.2. The van der Waals surface area contributed by atoms with Crippen LogP contribution in [-0.4, -0.2) is 29.4 Å². The van der Waals surface area contributed by atoms with Crippen molar-refractivity contribution >= 4 is 33.6 Å². The Balaban J connectivity index is 2.57. The standard InChI is InChI=1S/C14H20BrNO2S/c1-4-11(7-17)16-14(18)8-19-13-6-9(2)12(15)5-10(13)3/h5-6,11,17H,4,7-8H2,1-3H3,(H,16,18). The predicted octanol–water partition coefficient (Wildman–Crippen LogP) is 3.05. The Morgan fingerprint density at radius 3 is 2.68 bits per heavy atom. The van der Waals surface area contributed by atoms with Crippen molar-refractivity contribution < 1.29 is 9.90 Å². The number of aryl methyl sites for hydroxylation is 2. The summed E-state index contributed by atoms with van der Waals surface area (Å²) in [5, 5.41) is 11.9. The molecular weight excluding hydrogens is 326 g/mol. The van der Waals surface area contributed by atoms with Crippen molar-refractivity contribution in [2.24, 2.45) is 0 Å². The third-order valence-electron chi connectivity index (χ3n) is 2.89. The van der Waals surface area contributed by atoms with Gasteiger partial charge in [0.2, 0.25) is 5.91 Å². The molecule has 3 nitrogen and oxygen atoms in total. The second-order valence-corrected chi connectivity index (χ2v) is 6.38. The molecule has 1 aromatic rings. The van der Waals surface area contributed by atoms with E-state index in [1.807, 2.05) is 20.8 Å². The van der Waals surface area contributed by atoms with E-state index in [0.717, 1.165) is 26.9 Å². The molecule has 0 heterocycles. The summed E-state index contributed by atoms with van der Waals surface area (Å²) in [4.78, 5) is 12.9. The summed E-state index contributed by atoms with van der Waals surface area (Å²) >= 11 is 5.02. The van der Waals surface area contributed by atoms with Gasteiger partial charge in [-0.3, -0.25) is 4.79 Å². The van der Waals surface area contributed by atoms with Gasteiger partial charge in [-0.25, -0.2) is 0 Å². The zero-order chi connectivity index (χ0) is 14.4. The highest BCUT2D eigenvalue weighted by atomic mass is 79.9. The lowest BCUT2D eigenvalue weighted by Gasteiger charge is -2.14. The number of thioether (sulfide) groups is 1. The van der Waals surface area contributed by atoms with Crippen molar-refractivity contribution in [3.63, 3.8) is 0 Å². The minimum Gasteiger partial charge on any atom is -0.394 e. The lowest BCUT2D eigenvalue weighted by Crippen LogP contribution is -2.37. The Morgan fingerprint density at radius 2 is 2.11 bits per heavy atom. The van der Waals surface area contributed by atoms with E-state index in [1.165, 1.54) is 11.8 Å². The maximum absolute atomic E-state index is 11.8. The summed E-state index contributed by atoms with van der Waals surface area (Å²) in [7, 11) is 0. The van der Waals surface area contributed by atoms with Crippen molar-refractivity contribution in [1.82, 2.24) is 5.32 Å². The molecule has 0 saturated heterocycles. The first-order valence-corrected chi connectivity index (χ1v) is 8.05. The van der Waals surface area contributed by atoms with Crippen LogP contribution in [0, 0.1) is 13.8 Å². The van der Waals surface area contributed by atoms with Gasteiger partial charge >= 0.3 is 0 Å². The third-order valence-corrected chi connectivity index (χ3v) is 4.90. The molecule has 19 heavy (non-hydrogen) atoms. The molecule has 0 radical (unpaired) electrons. The molecule has 0 fully saturated rings. The summed E-state index contributed by atoms with van der Waals surface area (Å²) in [6.45, 7) is 6.00. The van der Waals surface area contributed by atoms with Crippen LogP contribution in [0.5, 0.6) is 0 Å². The molecule has 1 rings (SSSR count). The minimum absolute atomic E-state index is 0.0106. The number of rotatable bonds is 6. The highest BCUT2D eigenvalue weighted by Gasteiger charge is 2.10. The van der Waals surface area contributed by atoms with Crippen LogP contribution >= 0.6 is 27.7 Å². The highest BCUT2D eigenvalue weighted by Crippen LogP contribution is 2.28. The second-order valence-electron chi connectivity index (χ2n) is 4.51. The quantitative estimate of drug-likeness (QED) is 0.779. The van der Waals surface area contributed by atoms with Crippen molar-refractivity contribution in [2.45, 2.75) is 38.1 Å². The number of halogens is 1. The molecule has 0 bridgehead atoms. The molecule has 0 aliphatic heterocycles. The van der Waals surface area contributed by atoms with Gasteiger partial charge < -0.3 is 10.4 Å². The average Bonchev–Trinajstić information content (AvgIpc) is 2.38. The summed E-state index contributed by atoms with van der Waals surface area (Å²) in [6.07, 6.45) is 0.739. The van der Waals surface area contributed by atoms with Crippen LogP contribution in [0.15, 0.2) is 21.5 Å².